The Labute approximate surface area is 113 Å². The highest BCUT2D eigenvalue weighted by atomic mass is 32.1. The van der Waals surface area contributed by atoms with Crippen molar-refractivity contribution in [1.82, 2.24) is 5.32 Å². The quantitative estimate of drug-likeness (QED) is 0.880. The zero-order valence-corrected chi connectivity index (χ0v) is 12.0. The maximum atomic E-state index is 11.9. The Kier molecular flexibility index (Phi) is 4.07. The fourth-order valence-electron chi connectivity index (χ4n) is 2.34. The summed E-state index contributed by atoms with van der Waals surface area (Å²) in [6.45, 7) is 3.91. The highest BCUT2D eigenvalue weighted by molar-refractivity contribution is 7.10. The van der Waals surface area contributed by atoms with Crippen molar-refractivity contribution in [2.75, 3.05) is 0 Å². The topological polar surface area (TPSA) is 55.1 Å². The van der Waals surface area contributed by atoms with Gasteiger partial charge in [-0.15, -0.1) is 11.3 Å². The third-order valence-corrected chi connectivity index (χ3v) is 4.38. The maximum Gasteiger partial charge on any atom is 0.220 e. The van der Waals surface area contributed by atoms with Crippen LogP contribution in [-0.4, -0.2) is 11.4 Å². The minimum Gasteiger partial charge on any atom is -0.349 e. The van der Waals surface area contributed by atoms with Gasteiger partial charge in [-0.1, -0.05) is 0 Å². The number of carbonyl (C=O) groups excluding carboxylic acids is 1. The van der Waals surface area contributed by atoms with E-state index in [1.165, 1.54) is 16.9 Å². The van der Waals surface area contributed by atoms with Crippen LogP contribution in [0.5, 0.6) is 0 Å². The van der Waals surface area contributed by atoms with Crippen molar-refractivity contribution in [3.8, 4) is 0 Å². The molecule has 1 aliphatic rings. The van der Waals surface area contributed by atoms with E-state index in [9.17, 15) is 4.79 Å². The summed E-state index contributed by atoms with van der Waals surface area (Å²) in [4.78, 5) is 13.4. The second-order valence-corrected chi connectivity index (χ2v) is 6.80. The van der Waals surface area contributed by atoms with Gasteiger partial charge in [-0.2, -0.15) is 0 Å². The Balaban J connectivity index is 1.90. The molecule has 0 saturated heterocycles. The second kappa shape index (κ2) is 5.41. The molecule has 1 unspecified atom stereocenters. The van der Waals surface area contributed by atoms with Gasteiger partial charge in [0.15, 0.2) is 0 Å². The average molecular weight is 266 g/mol. The average Bonchev–Trinajstić information content (AvgIpc) is 2.74. The number of nitrogens with two attached hydrogens (primary N) is 1. The molecule has 0 aromatic carbocycles. The lowest BCUT2D eigenvalue weighted by Gasteiger charge is -2.24. The Morgan fingerprint density at radius 1 is 1.61 bits per heavy atom. The molecule has 0 fully saturated rings. The first-order valence-electron chi connectivity index (χ1n) is 6.60. The Hall–Kier alpha value is -0.870. The molecular formula is C14H22N2OS. The summed E-state index contributed by atoms with van der Waals surface area (Å²) >= 11 is 1.80. The lowest BCUT2D eigenvalue weighted by Crippen LogP contribution is -2.35. The molecule has 2 rings (SSSR count). The smallest absolute Gasteiger partial charge is 0.220 e. The molecule has 3 nitrogen and oxygen atoms in total. The van der Waals surface area contributed by atoms with Gasteiger partial charge in [-0.05, 0) is 56.5 Å². The van der Waals surface area contributed by atoms with Crippen LogP contribution in [0.2, 0.25) is 0 Å². The summed E-state index contributed by atoms with van der Waals surface area (Å²) in [6.07, 6.45) is 4.62. The van der Waals surface area contributed by atoms with Gasteiger partial charge in [0.2, 0.25) is 5.91 Å². The van der Waals surface area contributed by atoms with Crippen LogP contribution in [0.4, 0.5) is 0 Å². The summed E-state index contributed by atoms with van der Waals surface area (Å²) in [5.74, 6) is 0.123. The summed E-state index contributed by atoms with van der Waals surface area (Å²) in [7, 11) is 0. The van der Waals surface area contributed by atoms with Gasteiger partial charge >= 0.3 is 0 Å². The van der Waals surface area contributed by atoms with Gasteiger partial charge < -0.3 is 11.1 Å². The van der Waals surface area contributed by atoms with Crippen LogP contribution in [0.25, 0.3) is 0 Å². The molecule has 1 amide bonds. The van der Waals surface area contributed by atoms with Crippen LogP contribution < -0.4 is 11.1 Å². The van der Waals surface area contributed by atoms with Crippen LogP contribution in [0, 0.1) is 0 Å². The van der Waals surface area contributed by atoms with Crippen LogP contribution >= 0.6 is 11.3 Å². The van der Waals surface area contributed by atoms with Gasteiger partial charge in [-0.25, -0.2) is 0 Å². The third-order valence-electron chi connectivity index (χ3n) is 3.38. The van der Waals surface area contributed by atoms with Crippen LogP contribution in [0.1, 0.15) is 56.0 Å². The normalized spacial score (nSPS) is 19.4. The Morgan fingerprint density at radius 3 is 3.11 bits per heavy atom. The number of hydrogen-bond donors (Lipinski definition) is 2. The standard InChI is InChI=1S/C14H22N2OS/c1-14(2,15)8-6-13(17)16-11-4-3-5-12-10(11)7-9-18-12/h7,9,11H,3-6,8,15H2,1-2H3,(H,16,17). The number of aryl methyl sites for hydroxylation is 1. The number of fused-ring (bicyclic) bond motifs is 1. The van der Waals surface area contributed by atoms with Crippen molar-refractivity contribution in [3.05, 3.63) is 21.9 Å². The zero-order chi connectivity index (χ0) is 13.2. The van der Waals surface area contributed by atoms with Gasteiger partial charge in [0.25, 0.3) is 0 Å². The lowest BCUT2D eigenvalue weighted by molar-refractivity contribution is -0.122. The van der Waals surface area contributed by atoms with E-state index in [4.69, 9.17) is 5.73 Å². The summed E-state index contributed by atoms with van der Waals surface area (Å²) < 4.78 is 0. The Morgan fingerprint density at radius 2 is 2.39 bits per heavy atom. The van der Waals surface area contributed by atoms with E-state index in [1.54, 1.807) is 11.3 Å². The maximum absolute atomic E-state index is 11.9. The van der Waals surface area contributed by atoms with E-state index < -0.39 is 0 Å². The highest BCUT2D eigenvalue weighted by Gasteiger charge is 2.23. The first kappa shape index (κ1) is 13.6. The molecule has 1 aliphatic carbocycles. The minimum atomic E-state index is -0.266. The van der Waals surface area contributed by atoms with Crippen LogP contribution in [-0.2, 0) is 11.2 Å². The third kappa shape index (κ3) is 3.56. The first-order valence-corrected chi connectivity index (χ1v) is 7.48. The lowest BCUT2D eigenvalue weighted by atomic mass is 9.93. The van der Waals surface area contributed by atoms with E-state index in [2.05, 4.69) is 16.8 Å². The van der Waals surface area contributed by atoms with Crippen LogP contribution in [0.3, 0.4) is 0 Å². The molecule has 3 N–H and O–H groups in total. The molecule has 1 aromatic heterocycles. The Bertz CT molecular complexity index is 420. The van der Waals surface area contributed by atoms with Crippen molar-refractivity contribution in [1.29, 1.82) is 0 Å². The van der Waals surface area contributed by atoms with E-state index in [0.717, 1.165) is 19.3 Å². The number of carbonyl (C=O) groups is 1. The molecule has 4 heteroatoms. The number of thiophene rings is 1. The largest absolute Gasteiger partial charge is 0.349 e. The minimum absolute atomic E-state index is 0.123. The molecule has 0 spiro atoms. The predicted molar refractivity (Wildman–Crippen MR) is 75.6 cm³/mol. The van der Waals surface area contributed by atoms with Gasteiger partial charge in [0.1, 0.15) is 0 Å². The van der Waals surface area contributed by atoms with Crippen molar-refractivity contribution >= 4 is 17.2 Å². The van der Waals surface area contributed by atoms with E-state index >= 15 is 0 Å². The van der Waals surface area contributed by atoms with Crippen LogP contribution in [0.15, 0.2) is 11.4 Å². The van der Waals surface area contributed by atoms with E-state index in [1.807, 2.05) is 13.8 Å². The number of rotatable bonds is 4. The highest BCUT2D eigenvalue weighted by Crippen LogP contribution is 2.33. The van der Waals surface area contributed by atoms with Crippen molar-refractivity contribution in [2.45, 2.75) is 57.5 Å². The first-order chi connectivity index (χ1) is 8.46. The van der Waals surface area contributed by atoms with E-state index in [-0.39, 0.29) is 17.5 Å². The molecular weight excluding hydrogens is 244 g/mol. The fraction of sp³-hybridized carbons (Fsp3) is 0.643. The summed E-state index contributed by atoms with van der Waals surface area (Å²) in [5, 5.41) is 5.27. The SMILES string of the molecule is CC(C)(N)CCC(=O)NC1CCCc2sccc21. The molecule has 0 aliphatic heterocycles. The molecule has 0 bridgehead atoms. The molecule has 1 atom stereocenters. The fourth-order valence-corrected chi connectivity index (χ4v) is 3.33. The van der Waals surface area contributed by atoms with Crippen molar-refractivity contribution in [2.24, 2.45) is 5.73 Å². The van der Waals surface area contributed by atoms with Crippen molar-refractivity contribution in [3.63, 3.8) is 0 Å². The summed E-state index contributed by atoms with van der Waals surface area (Å²) in [6, 6.07) is 2.37. The molecule has 18 heavy (non-hydrogen) atoms. The number of hydrogen-bond acceptors (Lipinski definition) is 3. The predicted octanol–water partition coefficient (Wildman–Crippen LogP) is 2.76. The van der Waals surface area contributed by atoms with Gasteiger partial charge in [-0.3, -0.25) is 4.79 Å². The second-order valence-electron chi connectivity index (χ2n) is 5.80. The molecule has 1 aromatic rings. The monoisotopic (exact) mass is 266 g/mol. The number of amides is 1. The van der Waals surface area contributed by atoms with Gasteiger partial charge in [0.05, 0.1) is 6.04 Å². The summed E-state index contributed by atoms with van der Waals surface area (Å²) in [5.41, 5.74) is 6.96. The molecule has 1 heterocycles. The molecule has 100 valence electrons. The van der Waals surface area contributed by atoms with Crippen molar-refractivity contribution < 1.29 is 4.79 Å². The van der Waals surface area contributed by atoms with Gasteiger partial charge in [0, 0.05) is 16.8 Å². The molecule has 0 saturated carbocycles. The molecule has 0 radical (unpaired) electrons. The van der Waals surface area contributed by atoms with E-state index in [0.29, 0.717) is 6.42 Å². The zero-order valence-electron chi connectivity index (χ0n) is 11.2. The number of nitrogens with one attached hydrogen (secondary N) is 1.